The molecule has 0 fully saturated rings. The third kappa shape index (κ3) is 3.48. The van der Waals surface area contributed by atoms with Gasteiger partial charge in [0.05, 0.1) is 5.57 Å². The van der Waals surface area contributed by atoms with Crippen LogP contribution in [0.5, 0.6) is 0 Å². The quantitative estimate of drug-likeness (QED) is 0.720. The van der Waals surface area contributed by atoms with Gasteiger partial charge in [0.1, 0.15) is 5.70 Å². The topological polar surface area (TPSA) is 40.6 Å². The van der Waals surface area contributed by atoms with Crippen molar-refractivity contribution in [1.82, 2.24) is 9.80 Å². The number of benzene rings is 2. The number of aryl methyl sites for hydroxylation is 2. The van der Waals surface area contributed by atoms with Crippen LogP contribution < -0.4 is 0 Å². The molecule has 2 aliphatic heterocycles. The molecule has 0 bridgehead atoms. The first-order valence-corrected chi connectivity index (χ1v) is 10.5. The summed E-state index contributed by atoms with van der Waals surface area (Å²) < 4.78 is 0. The van der Waals surface area contributed by atoms with Crippen LogP contribution in [0.25, 0.3) is 5.57 Å². The van der Waals surface area contributed by atoms with Gasteiger partial charge in [0, 0.05) is 19.6 Å². The largest absolute Gasteiger partial charge is 0.362 e. The summed E-state index contributed by atoms with van der Waals surface area (Å²) in [4.78, 5) is 30.3. The van der Waals surface area contributed by atoms with E-state index in [9.17, 15) is 9.59 Å². The predicted molar refractivity (Wildman–Crippen MR) is 115 cm³/mol. The highest BCUT2D eigenvalue weighted by atomic mass is 16.2. The van der Waals surface area contributed by atoms with Crippen molar-refractivity contribution in [3.63, 3.8) is 0 Å². The molecule has 0 N–H and O–H groups in total. The molecule has 150 valence electrons. The number of carbonyl (C=O) groups excluding carboxylic acids is 2. The third-order valence-electron chi connectivity index (χ3n) is 5.98. The highest BCUT2D eigenvalue weighted by Crippen LogP contribution is 2.35. The van der Waals surface area contributed by atoms with Crippen LogP contribution >= 0.6 is 0 Å². The number of imide groups is 1. The summed E-state index contributed by atoms with van der Waals surface area (Å²) in [5, 5.41) is 0. The van der Waals surface area contributed by atoms with Gasteiger partial charge in [0.15, 0.2) is 0 Å². The van der Waals surface area contributed by atoms with Gasteiger partial charge in [-0.2, -0.15) is 0 Å². The molecule has 2 heterocycles. The van der Waals surface area contributed by atoms with Crippen molar-refractivity contribution in [3.8, 4) is 0 Å². The van der Waals surface area contributed by atoms with E-state index in [-0.39, 0.29) is 11.8 Å². The molecule has 29 heavy (non-hydrogen) atoms. The number of rotatable bonds is 5. The molecule has 0 saturated carbocycles. The van der Waals surface area contributed by atoms with Crippen molar-refractivity contribution in [2.75, 3.05) is 13.1 Å². The van der Waals surface area contributed by atoms with Crippen molar-refractivity contribution in [3.05, 3.63) is 76.0 Å². The van der Waals surface area contributed by atoms with E-state index in [0.29, 0.717) is 24.4 Å². The molecule has 0 saturated heterocycles. The lowest BCUT2D eigenvalue weighted by molar-refractivity contribution is -0.137. The Morgan fingerprint density at radius 3 is 2.45 bits per heavy atom. The van der Waals surface area contributed by atoms with Crippen LogP contribution in [0.1, 0.15) is 47.6 Å². The second-order valence-electron chi connectivity index (χ2n) is 8.10. The van der Waals surface area contributed by atoms with Gasteiger partial charge in [-0.15, -0.1) is 0 Å². The zero-order valence-corrected chi connectivity index (χ0v) is 17.5. The van der Waals surface area contributed by atoms with Gasteiger partial charge in [-0.1, -0.05) is 61.4 Å². The smallest absolute Gasteiger partial charge is 0.277 e. The molecule has 2 aliphatic rings. The average molecular weight is 389 g/mol. The molecule has 0 unspecified atom stereocenters. The van der Waals surface area contributed by atoms with Crippen LogP contribution in [0, 0.1) is 13.8 Å². The molecular formula is C25H28N2O2. The number of carbonyl (C=O) groups is 2. The second-order valence-corrected chi connectivity index (χ2v) is 8.10. The minimum Gasteiger partial charge on any atom is -0.362 e. The van der Waals surface area contributed by atoms with Crippen molar-refractivity contribution >= 4 is 17.4 Å². The second kappa shape index (κ2) is 7.86. The number of amides is 2. The molecule has 0 spiro atoms. The fraction of sp³-hybridized carbons (Fsp3) is 0.360. The van der Waals surface area contributed by atoms with Crippen LogP contribution in [0.2, 0.25) is 0 Å². The van der Waals surface area contributed by atoms with Crippen LogP contribution in [0.15, 0.2) is 48.2 Å². The van der Waals surface area contributed by atoms with Crippen LogP contribution in [0.3, 0.4) is 0 Å². The van der Waals surface area contributed by atoms with Crippen LogP contribution in [0.4, 0.5) is 0 Å². The Hall–Kier alpha value is -2.88. The standard InChI is InChI=1S/C25H28N2O2/c1-4-5-13-27-24(28)22(21-11-10-17(2)15-18(21)3)23(25(27)29)26-14-12-19-8-6-7-9-20(19)16-26/h6-11,15H,4-5,12-14,16H2,1-3H3. The molecule has 2 aromatic carbocycles. The molecule has 0 aliphatic carbocycles. The molecule has 0 radical (unpaired) electrons. The molecule has 4 heteroatoms. The average Bonchev–Trinajstić information content (AvgIpc) is 2.96. The van der Waals surface area contributed by atoms with Gasteiger partial charge >= 0.3 is 0 Å². The van der Waals surface area contributed by atoms with Crippen molar-refractivity contribution in [2.24, 2.45) is 0 Å². The van der Waals surface area contributed by atoms with Crippen molar-refractivity contribution < 1.29 is 9.59 Å². The number of nitrogens with zero attached hydrogens (tertiary/aromatic N) is 2. The van der Waals surface area contributed by atoms with E-state index in [4.69, 9.17) is 0 Å². The fourth-order valence-electron chi connectivity index (χ4n) is 4.40. The van der Waals surface area contributed by atoms with Gasteiger partial charge in [-0.25, -0.2) is 0 Å². The van der Waals surface area contributed by atoms with Gasteiger partial charge in [0.2, 0.25) is 0 Å². The minimum absolute atomic E-state index is 0.141. The summed E-state index contributed by atoms with van der Waals surface area (Å²) in [6, 6.07) is 14.5. The van der Waals surface area contributed by atoms with E-state index in [0.717, 1.165) is 42.5 Å². The third-order valence-corrected chi connectivity index (χ3v) is 5.98. The Kier molecular flexibility index (Phi) is 5.27. The lowest BCUT2D eigenvalue weighted by atomic mass is 9.95. The first-order valence-electron chi connectivity index (χ1n) is 10.5. The lowest BCUT2D eigenvalue weighted by Crippen LogP contribution is -2.37. The maximum absolute atomic E-state index is 13.4. The van der Waals surface area contributed by atoms with Crippen molar-refractivity contribution in [2.45, 2.75) is 46.6 Å². The summed E-state index contributed by atoms with van der Waals surface area (Å²) in [6.07, 6.45) is 2.66. The SMILES string of the molecule is CCCCN1C(=O)C(c2ccc(C)cc2C)=C(N2CCc3ccccc3C2)C1=O. The Labute approximate surface area is 172 Å². The first kappa shape index (κ1) is 19.4. The number of unbranched alkanes of at least 4 members (excludes halogenated alkanes) is 1. The van der Waals surface area contributed by atoms with E-state index in [1.165, 1.54) is 16.0 Å². The van der Waals surface area contributed by atoms with Crippen LogP contribution in [-0.2, 0) is 22.6 Å². The highest BCUT2D eigenvalue weighted by molar-refractivity contribution is 6.35. The molecule has 2 amide bonds. The van der Waals surface area contributed by atoms with Crippen LogP contribution in [-0.4, -0.2) is 34.7 Å². The Balaban J connectivity index is 1.80. The summed E-state index contributed by atoms with van der Waals surface area (Å²) >= 11 is 0. The molecule has 4 nitrogen and oxygen atoms in total. The van der Waals surface area contributed by atoms with Gasteiger partial charge < -0.3 is 4.90 Å². The van der Waals surface area contributed by atoms with E-state index >= 15 is 0 Å². The first-order chi connectivity index (χ1) is 14.0. The summed E-state index contributed by atoms with van der Waals surface area (Å²) in [5.74, 6) is -0.290. The zero-order valence-electron chi connectivity index (χ0n) is 17.5. The maximum atomic E-state index is 13.4. The molecule has 0 atom stereocenters. The lowest BCUT2D eigenvalue weighted by Gasteiger charge is -2.31. The zero-order chi connectivity index (χ0) is 20.5. The normalized spacial score (nSPS) is 16.7. The molecule has 4 rings (SSSR count). The van der Waals surface area contributed by atoms with Crippen molar-refractivity contribution in [1.29, 1.82) is 0 Å². The van der Waals surface area contributed by atoms with Gasteiger partial charge in [-0.3, -0.25) is 14.5 Å². The Morgan fingerprint density at radius 1 is 0.966 bits per heavy atom. The van der Waals surface area contributed by atoms with E-state index in [2.05, 4.69) is 36.1 Å². The highest BCUT2D eigenvalue weighted by Gasteiger charge is 2.42. The summed E-state index contributed by atoms with van der Waals surface area (Å²) in [6.45, 7) is 8.04. The number of hydrogen-bond acceptors (Lipinski definition) is 3. The maximum Gasteiger partial charge on any atom is 0.277 e. The Morgan fingerprint density at radius 2 is 1.72 bits per heavy atom. The van der Waals surface area contributed by atoms with Gasteiger partial charge in [0.25, 0.3) is 11.8 Å². The molecule has 2 aromatic rings. The minimum atomic E-state index is -0.149. The summed E-state index contributed by atoms with van der Waals surface area (Å²) in [5.41, 5.74) is 6.78. The number of fused-ring (bicyclic) bond motifs is 1. The molecule has 0 aromatic heterocycles. The monoisotopic (exact) mass is 388 g/mol. The predicted octanol–water partition coefficient (Wildman–Crippen LogP) is 4.24. The number of hydrogen-bond donors (Lipinski definition) is 0. The van der Waals surface area contributed by atoms with Gasteiger partial charge in [-0.05, 0) is 48.9 Å². The van der Waals surface area contributed by atoms with E-state index in [1.54, 1.807) is 0 Å². The van der Waals surface area contributed by atoms with E-state index < -0.39 is 0 Å². The van der Waals surface area contributed by atoms with E-state index in [1.807, 2.05) is 32.0 Å². The molecular weight excluding hydrogens is 360 g/mol. The summed E-state index contributed by atoms with van der Waals surface area (Å²) in [7, 11) is 0. The fourth-order valence-corrected chi connectivity index (χ4v) is 4.40. The Bertz CT molecular complexity index is 1010.